The summed E-state index contributed by atoms with van der Waals surface area (Å²) in [5, 5.41) is 14.0. The van der Waals surface area contributed by atoms with E-state index >= 15 is 0 Å². The Hall–Kier alpha value is -3.43. The van der Waals surface area contributed by atoms with Gasteiger partial charge in [-0.15, -0.1) is 10.2 Å². The van der Waals surface area contributed by atoms with E-state index < -0.39 is 11.7 Å². The number of aryl methyl sites for hydroxylation is 1. The van der Waals surface area contributed by atoms with E-state index in [0.29, 0.717) is 5.75 Å². The van der Waals surface area contributed by atoms with Crippen LogP contribution in [0.2, 0.25) is 0 Å². The van der Waals surface area contributed by atoms with Gasteiger partial charge in [-0.2, -0.15) is 18.0 Å². The molecule has 29 heavy (non-hydrogen) atoms. The molecule has 3 aromatic rings. The standard InChI is InChI=1S/C19H18F3N5O2/c1-13-4-2-7-16(10-13)29-9-8-23-17(28)12-27-25-18(24-26-27)14-5-3-6-15(11-14)19(20,21)22/h2-7,10-11H,8-9,12H2,1H3,(H,23,28). The molecule has 0 saturated carbocycles. The van der Waals surface area contributed by atoms with Crippen molar-refractivity contribution in [3.05, 3.63) is 59.7 Å². The zero-order chi connectivity index (χ0) is 20.9. The third-order valence-electron chi connectivity index (χ3n) is 3.87. The second-order valence-corrected chi connectivity index (χ2v) is 6.24. The maximum atomic E-state index is 12.8. The average Bonchev–Trinajstić information content (AvgIpc) is 3.13. The van der Waals surface area contributed by atoms with E-state index in [-0.39, 0.29) is 37.0 Å². The summed E-state index contributed by atoms with van der Waals surface area (Å²) in [6.45, 7) is 2.31. The van der Waals surface area contributed by atoms with Gasteiger partial charge in [0.25, 0.3) is 0 Å². The molecule has 1 N–H and O–H groups in total. The fourth-order valence-corrected chi connectivity index (χ4v) is 2.51. The first-order chi connectivity index (χ1) is 13.8. The van der Waals surface area contributed by atoms with Crippen molar-refractivity contribution in [2.75, 3.05) is 13.2 Å². The number of ether oxygens (including phenoxy) is 1. The summed E-state index contributed by atoms with van der Waals surface area (Å²) in [5.41, 5.74) is 0.427. The van der Waals surface area contributed by atoms with E-state index in [1.54, 1.807) is 0 Å². The molecule has 0 atom stereocenters. The molecule has 0 bridgehead atoms. The number of nitrogens with one attached hydrogen (secondary N) is 1. The van der Waals surface area contributed by atoms with Crippen molar-refractivity contribution in [1.82, 2.24) is 25.5 Å². The first kappa shape index (κ1) is 20.3. The summed E-state index contributed by atoms with van der Waals surface area (Å²) in [7, 11) is 0. The number of carbonyl (C=O) groups is 1. The minimum Gasteiger partial charge on any atom is -0.492 e. The maximum absolute atomic E-state index is 12.8. The maximum Gasteiger partial charge on any atom is 0.416 e. The van der Waals surface area contributed by atoms with E-state index in [0.717, 1.165) is 22.5 Å². The number of alkyl halides is 3. The van der Waals surface area contributed by atoms with Crippen LogP contribution in [0.25, 0.3) is 11.4 Å². The Balaban J connectivity index is 1.50. The predicted molar refractivity (Wildman–Crippen MR) is 97.9 cm³/mol. The van der Waals surface area contributed by atoms with E-state index in [1.165, 1.54) is 12.1 Å². The van der Waals surface area contributed by atoms with Gasteiger partial charge in [0.15, 0.2) is 0 Å². The van der Waals surface area contributed by atoms with Crippen LogP contribution in [0.15, 0.2) is 48.5 Å². The molecule has 10 heteroatoms. The van der Waals surface area contributed by atoms with Gasteiger partial charge >= 0.3 is 6.18 Å². The van der Waals surface area contributed by atoms with E-state index in [9.17, 15) is 18.0 Å². The van der Waals surface area contributed by atoms with E-state index in [4.69, 9.17) is 4.74 Å². The lowest BCUT2D eigenvalue weighted by Crippen LogP contribution is -2.31. The molecule has 0 saturated heterocycles. The fourth-order valence-electron chi connectivity index (χ4n) is 2.51. The van der Waals surface area contributed by atoms with Gasteiger partial charge in [-0.05, 0) is 42.0 Å². The second-order valence-electron chi connectivity index (χ2n) is 6.24. The highest BCUT2D eigenvalue weighted by molar-refractivity contribution is 5.75. The molecule has 1 aromatic heterocycles. The average molecular weight is 405 g/mol. The first-order valence-electron chi connectivity index (χ1n) is 8.73. The topological polar surface area (TPSA) is 81.9 Å². The third-order valence-corrected chi connectivity index (χ3v) is 3.87. The normalized spacial score (nSPS) is 11.3. The van der Waals surface area contributed by atoms with Crippen LogP contribution in [-0.4, -0.2) is 39.3 Å². The van der Waals surface area contributed by atoms with Crippen molar-refractivity contribution in [1.29, 1.82) is 0 Å². The Kier molecular flexibility index (Phi) is 6.10. The Morgan fingerprint density at radius 2 is 1.97 bits per heavy atom. The van der Waals surface area contributed by atoms with Gasteiger partial charge in [0.05, 0.1) is 12.1 Å². The largest absolute Gasteiger partial charge is 0.492 e. The number of benzene rings is 2. The number of hydrogen-bond acceptors (Lipinski definition) is 5. The first-order valence-corrected chi connectivity index (χ1v) is 8.73. The van der Waals surface area contributed by atoms with Crippen molar-refractivity contribution in [3.8, 4) is 17.1 Å². The molecule has 1 amide bonds. The van der Waals surface area contributed by atoms with Gasteiger partial charge in [-0.25, -0.2) is 0 Å². The van der Waals surface area contributed by atoms with Crippen LogP contribution < -0.4 is 10.1 Å². The zero-order valence-corrected chi connectivity index (χ0v) is 15.5. The molecule has 1 heterocycles. The number of halogens is 3. The summed E-state index contributed by atoms with van der Waals surface area (Å²) < 4.78 is 44.0. The van der Waals surface area contributed by atoms with E-state index in [1.807, 2.05) is 31.2 Å². The lowest BCUT2D eigenvalue weighted by molar-refractivity contribution is -0.137. The summed E-state index contributed by atoms with van der Waals surface area (Å²) in [6.07, 6.45) is -4.47. The Bertz CT molecular complexity index is 988. The molecule has 0 spiro atoms. The minimum absolute atomic E-state index is 0.00619. The van der Waals surface area contributed by atoms with Crippen LogP contribution in [0.1, 0.15) is 11.1 Å². The molecular weight excluding hydrogens is 387 g/mol. The quantitative estimate of drug-likeness (QED) is 0.612. The molecule has 0 aliphatic carbocycles. The van der Waals surface area contributed by atoms with E-state index in [2.05, 4.69) is 20.7 Å². The van der Waals surface area contributed by atoms with Crippen LogP contribution in [0, 0.1) is 6.92 Å². The Morgan fingerprint density at radius 3 is 2.72 bits per heavy atom. The number of aromatic nitrogens is 4. The van der Waals surface area contributed by atoms with Crippen molar-refractivity contribution in [2.45, 2.75) is 19.6 Å². The number of hydrogen-bond donors (Lipinski definition) is 1. The number of nitrogens with zero attached hydrogens (tertiary/aromatic N) is 4. The van der Waals surface area contributed by atoms with Crippen molar-refractivity contribution < 1.29 is 22.7 Å². The van der Waals surface area contributed by atoms with Crippen molar-refractivity contribution >= 4 is 5.91 Å². The van der Waals surface area contributed by atoms with Gasteiger partial charge in [0, 0.05) is 5.56 Å². The van der Waals surface area contributed by atoms with Crippen LogP contribution in [0.3, 0.4) is 0 Å². The SMILES string of the molecule is Cc1cccc(OCCNC(=O)Cn2nnc(-c3cccc(C(F)(F)F)c3)n2)c1. The molecule has 0 aliphatic heterocycles. The molecule has 0 aliphatic rings. The molecule has 3 rings (SSSR count). The Labute approximate surface area is 164 Å². The lowest BCUT2D eigenvalue weighted by Gasteiger charge is -2.08. The highest BCUT2D eigenvalue weighted by Gasteiger charge is 2.30. The minimum atomic E-state index is -4.47. The highest BCUT2D eigenvalue weighted by atomic mass is 19.4. The van der Waals surface area contributed by atoms with Crippen molar-refractivity contribution in [2.24, 2.45) is 0 Å². The molecule has 0 unspecified atom stereocenters. The van der Waals surface area contributed by atoms with Crippen LogP contribution >= 0.6 is 0 Å². The van der Waals surface area contributed by atoms with Gasteiger partial charge in [-0.3, -0.25) is 4.79 Å². The zero-order valence-electron chi connectivity index (χ0n) is 15.5. The van der Waals surface area contributed by atoms with Crippen LogP contribution in [0.5, 0.6) is 5.75 Å². The molecular formula is C19H18F3N5O2. The van der Waals surface area contributed by atoms with Crippen LogP contribution in [-0.2, 0) is 17.5 Å². The summed E-state index contributed by atoms with van der Waals surface area (Å²) >= 11 is 0. The monoisotopic (exact) mass is 405 g/mol. The molecule has 7 nitrogen and oxygen atoms in total. The summed E-state index contributed by atoms with van der Waals surface area (Å²) in [6, 6.07) is 12.1. The highest BCUT2D eigenvalue weighted by Crippen LogP contribution is 2.31. The predicted octanol–water partition coefficient (Wildman–Crippen LogP) is 2.86. The fraction of sp³-hybridized carbons (Fsp3) is 0.263. The lowest BCUT2D eigenvalue weighted by atomic mass is 10.1. The van der Waals surface area contributed by atoms with Crippen molar-refractivity contribution in [3.63, 3.8) is 0 Å². The van der Waals surface area contributed by atoms with Gasteiger partial charge < -0.3 is 10.1 Å². The van der Waals surface area contributed by atoms with Gasteiger partial charge in [-0.1, -0.05) is 24.3 Å². The van der Waals surface area contributed by atoms with Gasteiger partial charge in [0.2, 0.25) is 11.7 Å². The van der Waals surface area contributed by atoms with Gasteiger partial charge in [0.1, 0.15) is 18.9 Å². The molecule has 152 valence electrons. The number of carbonyl (C=O) groups excluding carboxylic acids is 1. The molecule has 0 fully saturated rings. The third kappa shape index (κ3) is 5.77. The molecule has 0 radical (unpaired) electrons. The number of tetrazole rings is 1. The number of amides is 1. The summed E-state index contributed by atoms with van der Waals surface area (Å²) in [4.78, 5) is 13.0. The molecule has 2 aromatic carbocycles. The number of rotatable bonds is 7. The smallest absolute Gasteiger partial charge is 0.416 e. The Morgan fingerprint density at radius 1 is 1.17 bits per heavy atom. The second kappa shape index (κ2) is 8.72. The summed E-state index contributed by atoms with van der Waals surface area (Å²) in [5.74, 6) is 0.348. The van der Waals surface area contributed by atoms with Crippen LogP contribution in [0.4, 0.5) is 13.2 Å².